The summed E-state index contributed by atoms with van der Waals surface area (Å²) in [5.41, 5.74) is 2.12. The molecule has 0 atom stereocenters. The van der Waals surface area contributed by atoms with E-state index in [1.807, 2.05) is 6.08 Å². The summed E-state index contributed by atoms with van der Waals surface area (Å²) >= 11 is 0. The topological polar surface area (TPSA) is 18.5 Å². The molecule has 1 aromatic carbocycles. The average Bonchev–Trinajstić information content (AvgIpc) is 2.28. The molecular formula is C15H20O2. The van der Waals surface area contributed by atoms with Gasteiger partial charge < -0.3 is 9.47 Å². The summed E-state index contributed by atoms with van der Waals surface area (Å²) in [6.45, 7) is 10.2. The molecule has 0 spiro atoms. The highest BCUT2D eigenvalue weighted by atomic mass is 16.6. The van der Waals surface area contributed by atoms with Crippen LogP contribution in [0, 0.1) is 5.92 Å². The Morgan fingerprint density at radius 1 is 1.35 bits per heavy atom. The Balaban J connectivity index is 2.13. The molecule has 2 nitrogen and oxygen atoms in total. The lowest BCUT2D eigenvalue weighted by molar-refractivity contribution is -0.220. The molecule has 0 bridgehead atoms. The van der Waals surface area contributed by atoms with Gasteiger partial charge >= 0.3 is 0 Å². The van der Waals surface area contributed by atoms with E-state index < -0.39 is 0 Å². The largest absolute Gasteiger partial charge is 0.375 e. The first-order valence-corrected chi connectivity index (χ1v) is 6.11. The molecule has 1 aliphatic rings. The minimum atomic E-state index is -0.218. The Morgan fingerprint density at radius 3 is 2.41 bits per heavy atom. The van der Waals surface area contributed by atoms with E-state index >= 15 is 0 Å². The number of hydrogen-bond donors (Lipinski definition) is 0. The molecule has 1 aromatic rings. The zero-order valence-electron chi connectivity index (χ0n) is 10.6. The maximum absolute atomic E-state index is 6.04. The van der Waals surface area contributed by atoms with E-state index in [-0.39, 0.29) is 5.60 Å². The van der Waals surface area contributed by atoms with Crippen LogP contribution in [0.2, 0.25) is 0 Å². The quantitative estimate of drug-likeness (QED) is 0.776. The fourth-order valence-corrected chi connectivity index (χ4v) is 1.87. The van der Waals surface area contributed by atoms with Gasteiger partial charge in [0, 0.05) is 0 Å². The van der Waals surface area contributed by atoms with E-state index in [0.717, 1.165) is 12.2 Å². The van der Waals surface area contributed by atoms with Crippen LogP contribution in [-0.4, -0.2) is 19.8 Å². The lowest BCUT2D eigenvalue weighted by Gasteiger charge is -2.42. The molecule has 2 heteroatoms. The van der Waals surface area contributed by atoms with Crippen molar-refractivity contribution < 1.29 is 9.47 Å². The van der Waals surface area contributed by atoms with Crippen molar-refractivity contribution in [1.29, 1.82) is 0 Å². The summed E-state index contributed by atoms with van der Waals surface area (Å²) in [7, 11) is 0. The normalized spacial score (nSPS) is 17.8. The first-order chi connectivity index (χ1) is 8.16. The molecule has 1 aliphatic heterocycles. The summed E-state index contributed by atoms with van der Waals surface area (Å²) in [5.74, 6) is 0.542. The van der Waals surface area contributed by atoms with Crippen LogP contribution in [0.3, 0.4) is 0 Å². The van der Waals surface area contributed by atoms with Gasteiger partial charge in [-0.05, 0) is 17.0 Å². The molecule has 2 rings (SSSR count). The van der Waals surface area contributed by atoms with Crippen LogP contribution < -0.4 is 0 Å². The highest BCUT2D eigenvalue weighted by molar-refractivity contribution is 5.48. The summed E-state index contributed by atoms with van der Waals surface area (Å²) in [5, 5.41) is 0. The van der Waals surface area contributed by atoms with Crippen LogP contribution in [0.25, 0.3) is 6.08 Å². The maximum Gasteiger partial charge on any atom is 0.139 e. The first kappa shape index (κ1) is 12.3. The lowest BCUT2D eigenvalue weighted by atomic mass is 9.91. The molecule has 0 radical (unpaired) electrons. The summed E-state index contributed by atoms with van der Waals surface area (Å²) in [6, 6.07) is 8.36. The van der Waals surface area contributed by atoms with Crippen molar-refractivity contribution in [3.63, 3.8) is 0 Å². The second kappa shape index (κ2) is 5.03. The fourth-order valence-electron chi connectivity index (χ4n) is 1.87. The molecule has 92 valence electrons. The molecule has 0 N–H and O–H groups in total. The SMILES string of the molecule is C=Cc1ccc(C2(OCC(C)C)COC2)cc1. The van der Waals surface area contributed by atoms with E-state index in [1.165, 1.54) is 5.56 Å². The minimum Gasteiger partial charge on any atom is -0.375 e. The van der Waals surface area contributed by atoms with Gasteiger partial charge in [0.15, 0.2) is 0 Å². The van der Waals surface area contributed by atoms with Crippen molar-refractivity contribution in [3.05, 3.63) is 42.0 Å². The molecule has 0 aliphatic carbocycles. The maximum atomic E-state index is 6.04. The average molecular weight is 232 g/mol. The van der Waals surface area contributed by atoms with Gasteiger partial charge in [-0.2, -0.15) is 0 Å². The van der Waals surface area contributed by atoms with Gasteiger partial charge in [0.2, 0.25) is 0 Å². The summed E-state index contributed by atoms with van der Waals surface area (Å²) in [6.07, 6.45) is 1.85. The smallest absolute Gasteiger partial charge is 0.139 e. The lowest BCUT2D eigenvalue weighted by Crippen LogP contribution is -2.49. The Kier molecular flexibility index (Phi) is 3.65. The number of ether oxygens (including phenoxy) is 2. The standard InChI is InChI=1S/C15H20O2/c1-4-13-5-7-14(8-6-13)15(10-16-11-15)17-9-12(2)3/h4-8,12H,1,9-11H2,2-3H3. The molecule has 1 fully saturated rings. The molecule has 0 saturated carbocycles. The van der Waals surface area contributed by atoms with Gasteiger partial charge in [-0.1, -0.05) is 50.8 Å². The van der Waals surface area contributed by atoms with Gasteiger partial charge in [0.05, 0.1) is 19.8 Å². The van der Waals surface area contributed by atoms with Crippen LogP contribution in [-0.2, 0) is 15.1 Å². The summed E-state index contributed by atoms with van der Waals surface area (Å²) in [4.78, 5) is 0. The van der Waals surface area contributed by atoms with Crippen molar-refractivity contribution in [3.8, 4) is 0 Å². The van der Waals surface area contributed by atoms with E-state index in [2.05, 4.69) is 44.7 Å². The fraction of sp³-hybridized carbons (Fsp3) is 0.467. The van der Waals surface area contributed by atoms with Crippen molar-refractivity contribution in [1.82, 2.24) is 0 Å². The van der Waals surface area contributed by atoms with Crippen molar-refractivity contribution in [2.45, 2.75) is 19.4 Å². The third-order valence-corrected chi connectivity index (χ3v) is 3.04. The van der Waals surface area contributed by atoms with E-state index in [4.69, 9.17) is 9.47 Å². The third kappa shape index (κ3) is 2.59. The monoisotopic (exact) mass is 232 g/mol. The highest BCUT2D eigenvalue weighted by Crippen LogP contribution is 2.34. The van der Waals surface area contributed by atoms with Gasteiger partial charge in [-0.3, -0.25) is 0 Å². The molecule has 1 saturated heterocycles. The molecule has 1 heterocycles. The Bertz CT molecular complexity index is 374. The first-order valence-electron chi connectivity index (χ1n) is 6.11. The number of benzene rings is 1. The predicted molar refractivity (Wildman–Crippen MR) is 69.8 cm³/mol. The summed E-state index contributed by atoms with van der Waals surface area (Å²) < 4.78 is 11.4. The van der Waals surface area contributed by atoms with Crippen molar-refractivity contribution >= 4 is 6.08 Å². The number of rotatable bonds is 5. The van der Waals surface area contributed by atoms with Crippen molar-refractivity contribution in [2.75, 3.05) is 19.8 Å². The second-order valence-electron chi connectivity index (χ2n) is 5.02. The number of hydrogen-bond acceptors (Lipinski definition) is 2. The van der Waals surface area contributed by atoms with Crippen LogP contribution in [0.5, 0.6) is 0 Å². The van der Waals surface area contributed by atoms with Crippen LogP contribution in [0.1, 0.15) is 25.0 Å². The van der Waals surface area contributed by atoms with Crippen molar-refractivity contribution in [2.24, 2.45) is 5.92 Å². The molecule has 0 amide bonds. The molecule has 17 heavy (non-hydrogen) atoms. The van der Waals surface area contributed by atoms with Crippen LogP contribution in [0.15, 0.2) is 30.8 Å². The third-order valence-electron chi connectivity index (χ3n) is 3.04. The van der Waals surface area contributed by atoms with Gasteiger partial charge in [0.1, 0.15) is 5.60 Å². The second-order valence-corrected chi connectivity index (χ2v) is 5.02. The Labute approximate surface area is 103 Å². The van der Waals surface area contributed by atoms with Crippen LogP contribution in [0.4, 0.5) is 0 Å². The molecule has 0 unspecified atom stereocenters. The minimum absolute atomic E-state index is 0.218. The molecular weight excluding hydrogens is 212 g/mol. The molecule has 0 aromatic heterocycles. The Morgan fingerprint density at radius 2 is 2.00 bits per heavy atom. The highest BCUT2D eigenvalue weighted by Gasteiger charge is 2.41. The van der Waals surface area contributed by atoms with Gasteiger partial charge in [-0.25, -0.2) is 0 Å². The van der Waals surface area contributed by atoms with E-state index in [9.17, 15) is 0 Å². The zero-order chi connectivity index (χ0) is 12.3. The van der Waals surface area contributed by atoms with Gasteiger partial charge in [-0.15, -0.1) is 0 Å². The van der Waals surface area contributed by atoms with Crippen LogP contribution >= 0.6 is 0 Å². The zero-order valence-corrected chi connectivity index (χ0v) is 10.6. The Hall–Kier alpha value is -1.12. The van der Waals surface area contributed by atoms with E-state index in [0.29, 0.717) is 19.1 Å². The van der Waals surface area contributed by atoms with Gasteiger partial charge in [0.25, 0.3) is 0 Å². The van der Waals surface area contributed by atoms with E-state index in [1.54, 1.807) is 0 Å². The predicted octanol–water partition coefficient (Wildman–Crippen LogP) is 3.23.